The van der Waals surface area contributed by atoms with Gasteiger partial charge in [0.1, 0.15) is 17.2 Å². The summed E-state index contributed by atoms with van der Waals surface area (Å²) in [7, 11) is 0. The van der Waals surface area contributed by atoms with E-state index in [0.29, 0.717) is 5.56 Å². The van der Waals surface area contributed by atoms with E-state index in [2.05, 4.69) is 39.0 Å². The number of hydrogen-bond donors (Lipinski definition) is 0. The predicted octanol–water partition coefficient (Wildman–Crippen LogP) is 5.19. The first kappa shape index (κ1) is 14.1. The van der Waals surface area contributed by atoms with Crippen molar-refractivity contribution in [2.75, 3.05) is 0 Å². The Morgan fingerprint density at radius 1 is 1.24 bits per heavy atom. The van der Waals surface area contributed by atoms with E-state index < -0.39 is 0 Å². The van der Waals surface area contributed by atoms with Gasteiger partial charge in [-0.1, -0.05) is 18.2 Å². The largest absolute Gasteiger partial charge is 0.483 e. The van der Waals surface area contributed by atoms with E-state index in [1.165, 1.54) is 11.1 Å². The molecule has 110 valence electrons. The zero-order chi connectivity index (χ0) is 15.2. The average Bonchev–Trinajstić information content (AvgIpc) is 2.39. The molecule has 0 N–H and O–H groups in total. The third-order valence-electron chi connectivity index (χ3n) is 4.22. The molecular formula is C19H21FO. The van der Waals surface area contributed by atoms with Crippen LogP contribution in [0.4, 0.5) is 4.39 Å². The van der Waals surface area contributed by atoms with E-state index in [4.69, 9.17) is 4.74 Å². The summed E-state index contributed by atoms with van der Waals surface area (Å²) in [6, 6.07) is 5.55. The average molecular weight is 284 g/mol. The zero-order valence-electron chi connectivity index (χ0n) is 13.0. The minimum atomic E-state index is -0.284. The zero-order valence-corrected chi connectivity index (χ0v) is 13.0. The Morgan fingerprint density at radius 2 is 2.00 bits per heavy atom. The fourth-order valence-corrected chi connectivity index (χ4v) is 3.29. The van der Waals surface area contributed by atoms with E-state index in [1.807, 2.05) is 12.1 Å². The normalized spacial score (nSPS) is 23.5. The molecule has 1 nitrogen and oxygen atoms in total. The van der Waals surface area contributed by atoms with E-state index >= 15 is 0 Å². The Hall–Kier alpha value is -1.83. The molecule has 1 atom stereocenters. The SMILES string of the molecule is CC1=CC(C)(C)OC2=C1[C@@H](c1ccc(C)c(F)c1)CC=C2. The second-order valence-electron chi connectivity index (χ2n) is 6.51. The molecule has 1 aromatic carbocycles. The van der Waals surface area contributed by atoms with Crippen LogP contribution >= 0.6 is 0 Å². The molecule has 0 unspecified atom stereocenters. The Balaban J connectivity index is 2.05. The summed E-state index contributed by atoms with van der Waals surface area (Å²) in [5.74, 6) is 0.965. The van der Waals surface area contributed by atoms with Gasteiger partial charge in [0, 0.05) is 11.5 Å². The molecule has 1 aliphatic carbocycles. The highest BCUT2D eigenvalue weighted by molar-refractivity contribution is 5.50. The van der Waals surface area contributed by atoms with Crippen molar-refractivity contribution < 1.29 is 9.13 Å². The number of ether oxygens (including phenoxy) is 1. The summed E-state index contributed by atoms with van der Waals surface area (Å²) >= 11 is 0. The monoisotopic (exact) mass is 284 g/mol. The Morgan fingerprint density at radius 3 is 2.71 bits per heavy atom. The van der Waals surface area contributed by atoms with Gasteiger partial charge in [0.2, 0.25) is 0 Å². The first-order chi connectivity index (χ1) is 9.87. The Labute approximate surface area is 125 Å². The minimum absolute atomic E-state index is 0.136. The number of halogens is 1. The molecule has 2 heteroatoms. The van der Waals surface area contributed by atoms with Crippen LogP contribution in [0.2, 0.25) is 0 Å². The van der Waals surface area contributed by atoms with E-state index in [0.717, 1.165) is 17.7 Å². The van der Waals surface area contributed by atoms with Crippen molar-refractivity contribution in [1.29, 1.82) is 0 Å². The van der Waals surface area contributed by atoms with E-state index in [9.17, 15) is 4.39 Å². The summed E-state index contributed by atoms with van der Waals surface area (Å²) in [6.45, 7) is 8.03. The van der Waals surface area contributed by atoms with Crippen molar-refractivity contribution >= 4 is 0 Å². The molecule has 2 aliphatic rings. The van der Waals surface area contributed by atoms with Crippen LogP contribution in [-0.2, 0) is 4.74 Å². The van der Waals surface area contributed by atoms with Crippen molar-refractivity contribution in [2.24, 2.45) is 0 Å². The first-order valence-corrected chi connectivity index (χ1v) is 7.43. The van der Waals surface area contributed by atoms with Crippen LogP contribution in [0.3, 0.4) is 0 Å². The van der Waals surface area contributed by atoms with Gasteiger partial charge in [0.15, 0.2) is 0 Å². The van der Waals surface area contributed by atoms with Gasteiger partial charge in [-0.15, -0.1) is 0 Å². The Bertz CT molecular complexity index is 677. The lowest BCUT2D eigenvalue weighted by molar-refractivity contribution is 0.0777. The van der Waals surface area contributed by atoms with Crippen LogP contribution in [0.25, 0.3) is 0 Å². The number of rotatable bonds is 1. The highest BCUT2D eigenvalue weighted by Crippen LogP contribution is 2.43. The number of aryl methyl sites for hydroxylation is 1. The summed E-state index contributed by atoms with van der Waals surface area (Å²) in [5.41, 5.74) is 3.85. The van der Waals surface area contributed by atoms with Crippen LogP contribution in [0, 0.1) is 12.7 Å². The molecule has 1 aliphatic heterocycles. The molecule has 0 bridgehead atoms. The molecule has 0 aromatic heterocycles. The lowest BCUT2D eigenvalue weighted by Crippen LogP contribution is -2.28. The minimum Gasteiger partial charge on any atom is -0.483 e. The van der Waals surface area contributed by atoms with E-state index in [-0.39, 0.29) is 17.3 Å². The van der Waals surface area contributed by atoms with Crippen molar-refractivity contribution in [3.05, 3.63) is 70.3 Å². The predicted molar refractivity (Wildman–Crippen MR) is 83.6 cm³/mol. The molecule has 0 saturated heterocycles. The number of benzene rings is 1. The van der Waals surface area contributed by atoms with Crippen LogP contribution < -0.4 is 0 Å². The maximum Gasteiger partial charge on any atom is 0.126 e. The third-order valence-corrected chi connectivity index (χ3v) is 4.22. The van der Waals surface area contributed by atoms with Crippen molar-refractivity contribution in [3.8, 4) is 0 Å². The maximum atomic E-state index is 13.9. The summed E-state index contributed by atoms with van der Waals surface area (Å²) < 4.78 is 20.0. The Kier molecular flexibility index (Phi) is 3.27. The van der Waals surface area contributed by atoms with Crippen LogP contribution in [0.1, 0.15) is 44.2 Å². The maximum absolute atomic E-state index is 13.9. The molecule has 0 radical (unpaired) electrons. The summed E-state index contributed by atoms with van der Waals surface area (Å²) in [4.78, 5) is 0. The second kappa shape index (κ2) is 4.87. The van der Waals surface area contributed by atoms with E-state index in [1.54, 1.807) is 13.0 Å². The molecule has 3 rings (SSSR count). The van der Waals surface area contributed by atoms with Crippen LogP contribution in [0.15, 0.2) is 53.3 Å². The number of hydrogen-bond acceptors (Lipinski definition) is 1. The fraction of sp³-hybridized carbons (Fsp3) is 0.368. The van der Waals surface area contributed by atoms with Gasteiger partial charge in [0.05, 0.1) is 0 Å². The van der Waals surface area contributed by atoms with Gasteiger partial charge >= 0.3 is 0 Å². The third kappa shape index (κ3) is 2.55. The molecule has 0 spiro atoms. The topological polar surface area (TPSA) is 9.23 Å². The molecule has 0 fully saturated rings. The lowest BCUT2D eigenvalue weighted by Gasteiger charge is -2.36. The molecule has 0 amide bonds. The van der Waals surface area contributed by atoms with Gasteiger partial charge in [-0.25, -0.2) is 4.39 Å². The standard InChI is InChI=1S/C19H21FO/c1-12-8-9-14(10-16(12)20)15-6-5-7-17-18(15)13(2)11-19(3,4)21-17/h5,7-11,15H,6H2,1-4H3/t15-/m1/s1. The highest BCUT2D eigenvalue weighted by Gasteiger charge is 2.32. The number of allylic oxidation sites excluding steroid dienone is 4. The fourth-order valence-electron chi connectivity index (χ4n) is 3.29. The van der Waals surface area contributed by atoms with Crippen molar-refractivity contribution in [3.63, 3.8) is 0 Å². The smallest absolute Gasteiger partial charge is 0.126 e. The lowest BCUT2D eigenvalue weighted by atomic mass is 9.79. The summed E-state index contributed by atoms with van der Waals surface area (Å²) in [6.07, 6.45) is 7.21. The molecule has 1 aromatic rings. The van der Waals surface area contributed by atoms with Crippen LogP contribution in [-0.4, -0.2) is 5.60 Å². The highest BCUT2D eigenvalue weighted by atomic mass is 19.1. The van der Waals surface area contributed by atoms with Gasteiger partial charge in [-0.3, -0.25) is 0 Å². The van der Waals surface area contributed by atoms with Gasteiger partial charge in [-0.05, 0) is 69.0 Å². The van der Waals surface area contributed by atoms with Gasteiger partial charge in [-0.2, -0.15) is 0 Å². The quantitative estimate of drug-likeness (QED) is 0.690. The van der Waals surface area contributed by atoms with Gasteiger partial charge in [0.25, 0.3) is 0 Å². The second-order valence-corrected chi connectivity index (χ2v) is 6.51. The van der Waals surface area contributed by atoms with Crippen molar-refractivity contribution in [1.82, 2.24) is 0 Å². The first-order valence-electron chi connectivity index (χ1n) is 7.43. The molecule has 0 saturated carbocycles. The van der Waals surface area contributed by atoms with Crippen molar-refractivity contribution in [2.45, 2.75) is 45.6 Å². The molecule has 21 heavy (non-hydrogen) atoms. The van der Waals surface area contributed by atoms with Crippen LogP contribution in [0.5, 0.6) is 0 Å². The molecule has 1 heterocycles. The summed E-state index contributed by atoms with van der Waals surface area (Å²) in [5, 5.41) is 0. The van der Waals surface area contributed by atoms with Gasteiger partial charge < -0.3 is 4.74 Å². The molecular weight excluding hydrogens is 263 g/mol.